The Kier molecular flexibility index (Phi) is 5.66. The minimum atomic E-state index is -0.111. The number of anilines is 1. The van der Waals surface area contributed by atoms with Crippen LogP contribution in [0.3, 0.4) is 0 Å². The van der Waals surface area contributed by atoms with Crippen molar-refractivity contribution >= 4 is 34.8 Å². The number of benzene rings is 1. The molecule has 1 aliphatic rings. The number of carbonyl (C=O) groups is 1. The Morgan fingerprint density at radius 1 is 1.35 bits per heavy atom. The van der Waals surface area contributed by atoms with Gasteiger partial charge in [-0.2, -0.15) is 0 Å². The van der Waals surface area contributed by atoms with E-state index >= 15 is 0 Å². The van der Waals surface area contributed by atoms with Crippen molar-refractivity contribution in [2.24, 2.45) is 5.73 Å². The minimum absolute atomic E-state index is 0.111. The average molecular weight is 316 g/mol. The predicted molar refractivity (Wildman–Crippen MR) is 83.4 cm³/mol. The Morgan fingerprint density at radius 2 is 2.05 bits per heavy atom. The van der Waals surface area contributed by atoms with Crippen molar-refractivity contribution in [2.75, 3.05) is 25.0 Å². The molecule has 1 fully saturated rings. The van der Waals surface area contributed by atoms with E-state index in [0.29, 0.717) is 28.8 Å². The summed E-state index contributed by atoms with van der Waals surface area (Å²) < 4.78 is 0. The van der Waals surface area contributed by atoms with Gasteiger partial charge in [-0.05, 0) is 31.5 Å². The SMILES string of the molecule is NCC1CCCCN1CC(=O)Nc1c(Cl)cccc1Cl. The molecule has 0 saturated carbocycles. The van der Waals surface area contributed by atoms with Crippen LogP contribution in [-0.2, 0) is 4.79 Å². The van der Waals surface area contributed by atoms with Gasteiger partial charge in [0.15, 0.2) is 0 Å². The van der Waals surface area contributed by atoms with Gasteiger partial charge in [-0.15, -0.1) is 0 Å². The molecule has 0 radical (unpaired) electrons. The molecule has 1 aliphatic heterocycles. The number of para-hydroxylation sites is 1. The van der Waals surface area contributed by atoms with Crippen LogP contribution in [0, 0.1) is 0 Å². The second-order valence-electron chi connectivity index (χ2n) is 5.00. The van der Waals surface area contributed by atoms with Crippen LogP contribution >= 0.6 is 23.2 Å². The fourth-order valence-electron chi connectivity index (χ4n) is 2.52. The van der Waals surface area contributed by atoms with Crippen LogP contribution in [-0.4, -0.2) is 36.5 Å². The van der Waals surface area contributed by atoms with Gasteiger partial charge in [-0.25, -0.2) is 0 Å². The molecule has 1 heterocycles. The molecule has 4 nitrogen and oxygen atoms in total. The number of likely N-dealkylation sites (tertiary alicyclic amines) is 1. The molecular formula is C14H19Cl2N3O. The molecule has 110 valence electrons. The lowest BCUT2D eigenvalue weighted by Gasteiger charge is -2.34. The molecule has 1 aromatic carbocycles. The third-order valence-corrected chi connectivity index (χ3v) is 4.22. The van der Waals surface area contributed by atoms with E-state index in [-0.39, 0.29) is 11.9 Å². The first-order chi connectivity index (χ1) is 9.61. The first-order valence-electron chi connectivity index (χ1n) is 6.80. The summed E-state index contributed by atoms with van der Waals surface area (Å²) in [6.07, 6.45) is 3.34. The summed E-state index contributed by atoms with van der Waals surface area (Å²) in [4.78, 5) is 14.3. The maximum Gasteiger partial charge on any atom is 0.238 e. The standard InChI is InChI=1S/C14H19Cl2N3O/c15-11-5-3-6-12(16)14(11)18-13(20)9-19-7-2-1-4-10(19)8-17/h3,5-6,10H,1-2,4,7-9,17H2,(H,18,20). The van der Waals surface area contributed by atoms with E-state index in [9.17, 15) is 4.79 Å². The highest BCUT2D eigenvalue weighted by atomic mass is 35.5. The molecule has 0 spiro atoms. The van der Waals surface area contributed by atoms with E-state index in [0.717, 1.165) is 19.4 Å². The number of amides is 1. The first-order valence-corrected chi connectivity index (χ1v) is 7.55. The van der Waals surface area contributed by atoms with E-state index in [1.807, 2.05) is 0 Å². The van der Waals surface area contributed by atoms with Crippen LogP contribution in [0.25, 0.3) is 0 Å². The molecular weight excluding hydrogens is 297 g/mol. The highest BCUT2D eigenvalue weighted by molar-refractivity contribution is 6.39. The van der Waals surface area contributed by atoms with Gasteiger partial charge in [-0.3, -0.25) is 9.69 Å². The number of halogens is 2. The number of rotatable bonds is 4. The van der Waals surface area contributed by atoms with Crippen LogP contribution in [0.15, 0.2) is 18.2 Å². The highest BCUT2D eigenvalue weighted by Crippen LogP contribution is 2.29. The molecule has 0 aliphatic carbocycles. The lowest BCUT2D eigenvalue weighted by Crippen LogP contribution is -2.47. The normalized spacial score (nSPS) is 19.9. The minimum Gasteiger partial charge on any atom is -0.329 e. The Bertz CT molecular complexity index is 461. The maximum atomic E-state index is 12.1. The Morgan fingerprint density at radius 3 is 2.70 bits per heavy atom. The van der Waals surface area contributed by atoms with E-state index in [1.54, 1.807) is 18.2 Å². The largest absolute Gasteiger partial charge is 0.329 e. The third kappa shape index (κ3) is 3.85. The lowest BCUT2D eigenvalue weighted by molar-refractivity contribution is -0.118. The average Bonchev–Trinajstić information content (AvgIpc) is 2.44. The number of nitrogens with two attached hydrogens (primary N) is 1. The zero-order valence-electron chi connectivity index (χ0n) is 11.2. The molecule has 1 unspecified atom stereocenters. The summed E-state index contributed by atoms with van der Waals surface area (Å²) in [6, 6.07) is 5.44. The molecule has 1 aromatic rings. The Balaban J connectivity index is 1.98. The molecule has 1 saturated heterocycles. The van der Waals surface area contributed by atoms with E-state index in [1.165, 1.54) is 6.42 Å². The summed E-state index contributed by atoms with van der Waals surface area (Å²) in [5, 5.41) is 3.67. The summed E-state index contributed by atoms with van der Waals surface area (Å²) >= 11 is 12.1. The van der Waals surface area contributed by atoms with Crippen molar-refractivity contribution in [2.45, 2.75) is 25.3 Å². The molecule has 2 rings (SSSR count). The van der Waals surface area contributed by atoms with Gasteiger partial charge in [0.1, 0.15) is 0 Å². The summed E-state index contributed by atoms with van der Waals surface area (Å²) in [5.41, 5.74) is 6.23. The van der Waals surface area contributed by atoms with Crippen LogP contribution in [0.1, 0.15) is 19.3 Å². The third-order valence-electron chi connectivity index (χ3n) is 3.60. The highest BCUT2D eigenvalue weighted by Gasteiger charge is 2.23. The van der Waals surface area contributed by atoms with Crippen LogP contribution in [0.4, 0.5) is 5.69 Å². The monoisotopic (exact) mass is 315 g/mol. The number of piperidine rings is 1. The fraction of sp³-hybridized carbons (Fsp3) is 0.500. The number of hydrogen-bond acceptors (Lipinski definition) is 3. The van der Waals surface area contributed by atoms with Crippen molar-refractivity contribution in [3.63, 3.8) is 0 Å². The number of nitrogens with zero attached hydrogens (tertiary/aromatic N) is 1. The van der Waals surface area contributed by atoms with E-state index in [2.05, 4.69) is 10.2 Å². The second kappa shape index (κ2) is 7.27. The maximum absolute atomic E-state index is 12.1. The molecule has 1 atom stereocenters. The molecule has 0 aromatic heterocycles. The molecule has 1 amide bonds. The van der Waals surface area contributed by atoms with Crippen molar-refractivity contribution < 1.29 is 4.79 Å². The summed E-state index contributed by atoms with van der Waals surface area (Å²) in [5.74, 6) is -0.111. The van der Waals surface area contributed by atoms with Crippen molar-refractivity contribution in [1.82, 2.24) is 4.90 Å². The second-order valence-corrected chi connectivity index (χ2v) is 5.82. The zero-order chi connectivity index (χ0) is 14.5. The zero-order valence-corrected chi connectivity index (χ0v) is 12.8. The van der Waals surface area contributed by atoms with Crippen molar-refractivity contribution in [1.29, 1.82) is 0 Å². The molecule has 20 heavy (non-hydrogen) atoms. The smallest absolute Gasteiger partial charge is 0.238 e. The Labute approximate surface area is 129 Å². The number of nitrogens with one attached hydrogen (secondary N) is 1. The predicted octanol–water partition coefficient (Wildman–Crippen LogP) is 2.75. The summed E-state index contributed by atoms with van der Waals surface area (Å²) in [6.45, 7) is 1.81. The van der Waals surface area contributed by atoms with Gasteiger partial charge in [0, 0.05) is 12.6 Å². The lowest BCUT2D eigenvalue weighted by atomic mass is 10.0. The summed E-state index contributed by atoms with van der Waals surface area (Å²) in [7, 11) is 0. The van der Waals surface area contributed by atoms with Gasteiger partial charge in [0.05, 0.1) is 22.3 Å². The van der Waals surface area contributed by atoms with Crippen LogP contribution < -0.4 is 11.1 Å². The van der Waals surface area contributed by atoms with Gasteiger partial charge >= 0.3 is 0 Å². The van der Waals surface area contributed by atoms with Gasteiger partial charge in [0.2, 0.25) is 5.91 Å². The molecule has 3 N–H and O–H groups in total. The van der Waals surface area contributed by atoms with Gasteiger partial charge < -0.3 is 11.1 Å². The molecule has 6 heteroatoms. The van der Waals surface area contributed by atoms with E-state index in [4.69, 9.17) is 28.9 Å². The van der Waals surface area contributed by atoms with Crippen LogP contribution in [0.2, 0.25) is 10.0 Å². The van der Waals surface area contributed by atoms with Crippen LogP contribution in [0.5, 0.6) is 0 Å². The fourth-order valence-corrected chi connectivity index (χ4v) is 3.01. The van der Waals surface area contributed by atoms with E-state index < -0.39 is 0 Å². The number of carbonyl (C=O) groups excluding carboxylic acids is 1. The van der Waals surface area contributed by atoms with Crippen molar-refractivity contribution in [3.8, 4) is 0 Å². The Hall–Kier alpha value is -0.810. The number of hydrogen-bond donors (Lipinski definition) is 2. The quantitative estimate of drug-likeness (QED) is 0.898. The first kappa shape index (κ1) is 15.6. The van der Waals surface area contributed by atoms with Gasteiger partial charge in [-0.1, -0.05) is 35.7 Å². The van der Waals surface area contributed by atoms with Gasteiger partial charge in [0.25, 0.3) is 0 Å². The topological polar surface area (TPSA) is 58.4 Å². The molecule has 0 bridgehead atoms. The van der Waals surface area contributed by atoms with Crippen molar-refractivity contribution in [3.05, 3.63) is 28.2 Å².